The highest BCUT2D eigenvalue weighted by Gasteiger charge is 2.02. The largest absolute Gasteiger partial charge is 0.399 e. The lowest BCUT2D eigenvalue weighted by atomic mass is 10.1. The molecule has 1 aromatic rings. The quantitative estimate of drug-likeness (QED) is 0.558. The number of carbonyl (C=O) groups excluding carboxylic acids is 1. The molecule has 19 heavy (non-hydrogen) atoms. The molecule has 0 aromatic heterocycles. The van der Waals surface area contributed by atoms with Crippen molar-refractivity contribution in [3.8, 4) is 0 Å². The van der Waals surface area contributed by atoms with Crippen molar-refractivity contribution in [1.29, 1.82) is 0 Å². The Morgan fingerprint density at radius 2 is 2.11 bits per heavy atom. The van der Waals surface area contributed by atoms with Crippen molar-refractivity contribution in [2.45, 2.75) is 46.0 Å². The van der Waals surface area contributed by atoms with Crippen LogP contribution < -0.4 is 11.1 Å². The molecule has 3 heteroatoms. The molecule has 106 valence electrons. The predicted octanol–water partition coefficient (Wildman–Crippen LogP) is 3.14. The number of carbonyl (C=O) groups is 1. The summed E-state index contributed by atoms with van der Waals surface area (Å²) in [5, 5.41) is 2.97. The monoisotopic (exact) mass is 262 g/mol. The van der Waals surface area contributed by atoms with Crippen molar-refractivity contribution in [2.75, 3.05) is 12.3 Å². The fourth-order valence-electron chi connectivity index (χ4n) is 2.00. The highest BCUT2D eigenvalue weighted by Crippen LogP contribution is 2.09. The van der Waals surface area contributed by atoms with Crippen LogP contribution in [0.3, 0.4) is 0 Å². The van der Waals surface area contributed by atoms with E-state index in [1.54, 1.807) is 0 Å². The van der Waals surface area contributed by atoms with E-state index in [1.807, 2.05) is 24.3 Å². The number of hydrogen-bond acceptors (Lipinski definition) is 2. The van der Waals surface area contributed by atoms with Gasteiger partial charge in [0.2, 0.25) is 5.91 Å². The Morgan fingerprint density at radius 1 is 1.32 bits per heavy atom. The second-order valence-electron chi connectivity index (χ2n) is 5.48. The van der Waals surface area contributed by atoms with E-state index in [0.29, 0.717) is 6.42 Å². The van der Waals surface area contributed by atoms with Crippen molar-refractivity contribution in [3.05, 3.63) is 29.8 Å². The first-order valence-electron chi connectivity index (χ1n) is 7.19. The molecular formula is C16H26N2O. The van der Waals surface area contributed by atoms with Crippen molar-refractivity contribution < 1.29 is 4.79 Å². The Labute approximate surface area is 116 Å². The summed E-state index contributed by atoms with van der Waals surface area (Å²) in [6.45, 7) is 5.25. The van der Waals surface area contributed by atoms with Crippen LogP contribution in [-0.4, -0.2) is 12.5 Å². The summed E-state index contributed by atoms with van der Waals surface area (Å²) >= 11 is 0. The van der Waals surface area contributed by atoms with E-state index in [0.717, 1.165) is 36.6 Å². The molecule has 0 fully saturated rings. The second kappa shape index (κ2) is 8.57. The number of hydrogen-bond donors (Lipinski definition) is 2. The minimum atomic E-state index is 0.131. The first-order chi connectivity index (χ1) is 9.08. The summed E-state index contributed by atoms with van der Waals surface area (Å²) in [6, 6.07) is 7.72. The Bertz CT molecular complexity index is 388. The van der Waals surface area contributed by atoms with Gasteiger partial charge in [0.1, 0.15) is 0 Å². The average molecular weight is 262 g/mol. The molecule has 3 nitrogen and oxygen atoms in total. The van der Waals surface area contributed by atoms with Crippen molar-refractivity contribution in [3.63, 3.8) is 0 Å². The fourth-order valence-corrected chi connectivity index (χ4v) is 2.00. The molecular weight excluding hydrogens is 236 g/mol. The van der Waals surface area contributed by atoms with Crippen LogP contribution in [0.1, 0.15) is 45.1 Å². The van der Waals surface area contributed by atoms with E-state index in [1.165, 1.54) is 12.8 Å². The summed E-state index contributed by atoms with van der Waals surface area (Å²) in [4.78, 5) is 11.7. The summed E-state index contributed by atoms with van der Waals surface area (Å²) in [5.74, 6) is 0.881. The smallest absolute Gasteiger partial charge is 0.220 e. The third-order valence-corrected chi connectivity index (χ3v) is 3.12. The predicted molar refractivity (Wildman–Crippen MR) is 80.9 cm³/mol. The maximum atomic E-state index is 11.7. The lowest BCUT2D eigenvalue weighted by molar-refractivity contribution is -0.121. The number of anilines is 1. The van der Waals surface area contributed by atoms with Gasteiger partial charge in [0.15, 0.2) is 0 Å². The Hall–Kier alpha value is -1.51. The number of nitrogens with two attached hydrogens (primary N) is 1. The summed E-state index contributed by atoms with van der Waals surface area (Å²) < 4.78 is 0. The van der Waals surface area contributed by atoms with E-state index >= 15 is 0 Å². The molecule has 0 atom stereocenters. The van der Waals surface area contributed by atoms with E-state index in [2.05, 4.69) is 19.2 Å². The van der Waals surface area contributed by atoms with Gasteiger partial charge in [0, 0.05) is 18.7 Å². The highest BCUT2D eigenvalue weighted by molar-refractivity contribution is 5.76. The van der Waals surface area contributed by atoms with Gasteiger partial charge in [-0.25, -0.2) is 0 Å². The number of amides is 1. The van der Waals surface area contributed by atoms with Crippen LogP contribution >= 0.6 is 0 Å². The molecule has 1 rings (SSSR count). The number of nitrogens with one attached hydrogen (secondary N) is 1. The second-order valence-corrected chi connectivity index (χ2v) is 5.48. The zero-order valence-electron chi connectivity index (χ0n) is 12.1. The minimum absolute atomic E-state index is 0.131. The van der Waals surface area contributed by atoms with Gasteiger partial charge in [-0.1, -0.05) is 38.8 Å². The first kappa shape index (κ1) is 15.5. The van der Waals surface area contributed by atoms with E-state index in [4.69, 9.17) is 5.73 Å². The topological polar surface area (TPSA) is 55.1 Å². The Balaban J connectivity index is 2.11. The number of aryl methyl sites for hydroxylation is 1. The van der Waals surface area contributed by atoms with Crippen molar-refractivity contribution in [2.24, 2.45) is 5.92 Å². The molecule has 0 unspecified atom stereocenters. The molecule has 0 aliphatic heterocycles. The van der Waals surface area contributed by atoms with Gasteiger partial charge in [-0.15, -0.1) is 0 Å². The standard InChI is InChI=1S/C16H26N2O/c1-13(2)6-3-4-11-18-16(19)10-9-14-7-5-8-15(17)12-14/h5,7-8,12-13H,3-4,6,9-11,17H2,1-2H3,(H,18,19). The number of benzene rings is 1. The summed E-state index contributed by atoms with van der Waals surface area (Å²) in [6.07, 6.45) is 4.78. The molecule has 0 aliphatic carbocycles. The average Bonchev–Trinajstić information content (AvgIpc) is 2.35. The van der Waals surface area contributed by atoms with Gasteiger partial charge in [-0.2, -0.15) is 0 Å². The van der Waals surface area contributed by atoms with Gasteiger partial charge >= 0.3 is 0 Å². The molecule has 0 aliphatic rings. The summed E-state index contributed by atoms with van der Waals surface area (Å²) in [5.41, 5.74) is 7.58. The van der Waals surface area contributed by atoms with Crippen LogP contribution in [0, 0.1) is 5.92 Å². The third kappa shape index (κ3) is 7.50. The van der Waals surface area contributed by atoms with Gasteiger partial charge < -0.3 is 11.1 Å². The van der Waals surface area contributed by atoms with Crippen LogP contribution in [0.2, 0.25) is 0 Å². The minimum Gasteiger partial charge on any atom is -0.399 e. The van der Waals surface area contributed by atoms with Crippen LogP contribution in [0.5, 0.6) is 0 Å². The van der Waals surface area contributed by atoms with E-state index < -0.39 is 0 Å². The molecule has 0 saturated heterocycles. The Kier molecular flexibility index (Phi) is 7.01. The molecule has 1 aromatic carbocycles. The molecule has 0 radical (unpaired) electrons. The highest BCUT2D eigenvalue weighted by atomic mass is 16.1. The van der Waals surface area contributed by atoms with Gasteiger partial charge in [-0.3, -0.25) is 4.79 Å². The number of rotatable bonds is 8. The molecule has 0 saturated carbocycles. The molecule has 0 heterocycles. The van der Waals surface area contributed by atoms with Crippen LogP contribution in [0.25, 0.3) is 0 Å². The molecule has 1 amide bonds. The van der Waals surface area contributed by atoms with Crippen molar-refractivity contribution >= 4 is 11.6 Å². The van der Waals surface area contributed by atoms with E-state index in [-0.39, 0.29) is 5.91 Å². The van der Waals surface area contributed by atoms with Gasteiger partial charge in [0.05, 0.1) is 0 Å². The maximum Gasteiger partial charge on any atom is 0.220 e. The zero-order chi connectivity index (χ0) is 14.1. The Morgan fingerprint density at radius 3 is 2.79 bits per heavy atom. The molecule has 3 N–H and O–H groups in total. The fraction of sp³-hybridized carbons (Fsp3) is 0.562. The SMILES string of the molecule is CC(C)CCCCNC(=O)CCc1cccc(N)c1. The zero-order valence-corrected chi connectivity index (χ0v) is 12.1. The third-order valence-electron chi connectivity index (χ3n) is 3.12. The van der Waals surface area contributed by atoms with Gasteiger partial charge in [-0.05, 0) is 36.5 Å². The number of nitrogen functional groups attached to an aromatic ring is 1. The van der Waals surface area contributed by atoms with Gasteiger partial charge in [0.25, 0.3) is 0 Å². The molecule has 0 bridgehead atoms. The normalized spacial score (nSPS) is 10.7. The lowest BCUT2D eigenvalue weighted by Gasteiger charge is -2.07. The van der Waals surface area contributed by atoms with Crippen LogP contribution in [0.4, 0.5) is 5.69 Å². The maximum absolute atomic E-state index is 11.7. The van der Waals surface area contributed by atoms with Crippen LogP contribution in [-0.2, 0) is 11.2 Å². The first-order valence-corrected chi connectivity index (χ1v) is 7.19. The van der Waals surface area contributed by atoms with E-state index in [9.17, 15) is 4.79 Å². The molecule has 0 spiro atoms. The van der Waals surface area contributed by atoms with Crippen molar-refractivity contribution in [1.82, 2.24) is 5.32 Å². The van der Waals surface area contributed by atoms with Crippen LogP contribution in [0.15, 0.2) is 24.3 Å². The lowest BCUT2D eigenvalue weighted by Crippen LogP contribution is -2.24. The summed E-state index contributed by atoms with van der Waals surface area (Å²) in [7, 11) is 0. The number of unbranched alkanes of at least 4 members (excludes halogenated alkanes) is 1.